The number of carbonyl (C=O) groups excluding carboxylic acids is 1. The van der Waals surface area contributed by atoms with Gasteiger partial charge in [-0.1, -0.05) is 65.4 Å². The monoisotopic (exact) mass is 459 g/mol. The van der Waals surface area contributed by atoms with Gasteiger partial charge in [0.1, 0.15) is 10.3 Å². The summed E-state index contributed by atoms with van der Waals surface area (Å²) < 4.78 is 0. The maximum Gasteiger partial charge on any atom is 0.251 e. The maximum absolute atomic E-state index is 12.8. The molecular weight excluding hydrogens is 433 g/mol. The summed E-state index contributed by atoms with van der Waals surface area (Å²) in [7, 11) is 0. The number of amides is 1. The minimum Gasteiger partial charge on any atom is -0.390 e. The Bertz CT molecular complexity index is 946. The Morgan fingerprint density at radius 2 is 1.87 bits per heavy atom. The zero-order valence-electron chi connectivity index (χ0n) is 17.7. The molecule has 0 radical (unpaired) electrons. The molecule has 2 atom stereocenters. The van der Waals surface area contributed by atoms with Crippen molar-refractivity contribution in [1.29, 1.82) is 0 Å². The van der Waals surface area contributed by atoms with Crippen LogP contribution in [0.4, 0.5) is 0 Å². The van der Waals surface area contributed by atoms with Crippen molar-refractivity contribution in [3.05, 3.63) is 63.9 Å². The SMILES string of the molecule is CC(C)(C#CC1CC1)NC[C@@H](O)[C@H](Cc1ccccc1)NC(=O)c1cc(Cl)nc(Cl)c1. The van der Waals surface area contributed by atoms with Crippen molar-refractivity contribution in [2.75, 3.05) is 6.54 Å². The Morgan fingerprint density at radius 1 is 1.23 bits per heavy atom. The van der Waals surface area contributed by atoms with Crippen molar-refractivity contribution in [2.24, 2.45) is 5.92 Å². The van der Waals surface area contributed by atoms with Crippen LogP contribution in [0.1, 0.15) is 42.6 Å². The van der Waals surface area contributed by atoms with Crippen LogP contribution in [0.2, 0.25) is 10.3 Å². The van der Waals surface area contributed by atoms with Gasteiger partial charge in [0, 0.05) is 18.0 Å². The molecule has 1 heterocycles. The molecule has 1 aliphatic carbocycles. The van der Waals surface area contributed by atoms with Crippen LogP contribution in [0.5, 0.6) is 0 Å². The molecule has 0 aliphatic heterocycles. The number of hydrogen-bond acceptors (Lipinski definition) is 4. The third kappa shape index (κ3) is 7.83. The molecule has 0 unspecified atom stereocenters. The van der Waals surface area contributed by atoms with Gasteiger partial charge in [0.25, 0.3) is 5.91 Å². The minimum absolute atomic E-state index is 0.135. The smallest absolute Gasteiger partial charge is 0.251 e. The van der Waals surface area contributed by atoms with E-state index in [0.29, 0.717) is 17.9 Å². The van der Waals surface area contributed by atoms with E-state index in [1.54, 1.807) is 0 Å². The molecule has 1 saturated carbocycles. The van der Waals surface area contributed by atoms with E-state index in [9.17, 15) is 9.90 Å². The van der Waals surface area contributed by atoms with Crippen LogP contribution in [-0.2, 0) is 6.42 Å². The van der Waals surface area contributed by atoms with Crippen LogP contribution in [-0.4, -0.2) is 40.2 Å². The van der Waals surface area contributed by atoms with Gasteiger partial charge in [0.05, 0.1) is 17.7 Å². The van der Waals surface area contributed by atoms with E-state index in [2.05, 4.69) is 27.5 Å². The predicted octanol–water partition coefficient (Wildman–Crippen LogP) is 3.87. The van der Waals surface area contributed by atoms with Gasteiger partial charge < -0.3 is 10.4 Å². The number of pyridine rings is 1. The van der Waals surface area contributed by atoms with Gasteiger partial charge >= 0.3 is 0 Å². The molecule has 7 heteroatoms. The van der Waals surface area contributed by atoms with E-state index in [1.165, 1.54) is 25.0 Å². The standard InChI is InChI=1S/C24H27Cl2N3O2/c1-24(2,11-10-16-8-9-16)27-15-20(30)19(12-17-6-4-3-5-7-17)28-23(31)18-13-21(25)29-22(26)14-18/h3-7,13-14,16,19-20,27,30H,8-9,12,15H2,1-2H3,(H,28,31)/t19-,20+/m0/s1. The molecule has 0 spiro atoms. The third-order valence-electron chi connectivity index (χ3n) is 5.02. The summed E-state index contributed by atoms with van der Waals surface area (Å²) in [5.74, 6) is 6.64. The predicted molar refractivity (Wildman–Crippen MR) is 124 cm³/mol. The van der Waals surface area contributed by atoms with Crippen LogP contribution in [0, 0.1) is 17.8 Å². The van der Waals surface area contributed by atoms with Crippen LogP contribution < -0.4 is 10.6 Å². The first-order chi connectivity index (χ1) is 14.7. The summed E-state index contributed by atoms with van der Waals surface area (Å²) in [6, 6.07) is 12.1. The summed E-state index contributed by atoms with van der Waals surface area (Å²) in [5, 5.41) is 17.4. The van der Waals surface area contributed by atoms with E-state index >= 15 is 0 Å². The first-order valence-electron chi connectivity index (χ1n) is 10.4. The first-order valence-corrected chi connectivity index (χ1v) is 11.1. The van der Waals surface area contributed by atoms with Crippen LogP contribution >= 0.6 is 23.2 Å². The van der Waals surface area contributed by atoms with Gasteiger partial charge in [0.15, 0.2) is 0 Å². The van der Waals surface area contributed by atoms with E-state index in [1.807, 2.05) is 44.2 Å². The number of benzene rings is 1. The quantitative estimate of drug-likeness (QED) is 0.413. The summed E-state index contributed by atoms with van der Waals surface area (Å²) in [4.78, 5) is 16.7. The van der Waals surface area contributed by atoms with Gasteiger partial charge in [0.2, 0.25) is 0 Å². The van der Waals surface area contributed by atoms with Crippen molar-refractivity contribution >= 4 is 29.1 Å². The number of rotatable bonds is 8. The summed E-state index contributed by atoms with van der Waals surface area (Å²) in [6.07, 6.45) is 1.97. The molecule has 1 aliphatic rings. The topological polar surface area (TPSA) is 74.2 Å². The summed E-state index contributed by atoms with van der Waals surface area (Å²) >= 11 is 11.9. The molecule has 1 fully saturated rings. The molecule has 164 valence electrons. The Hall–Kier alpha value is -2.10. The lowest BCUT2D eigenvalue weighted by molar-refractivity contribution is 0.0821. The maximum atomic E-state index is 12.8. The fraction of sp³-hybridized carbons (Fsp3) is 0.417. The van der Waals surface area contributed by atoms with E-state index in [-0.39, 0.29) is 22.8 Å². The van der Waals surface area contributed by atoms with Crippen molar-refractivity contribution in [1.82, 2.24) is 15.6 Å². The fourth-order valence-electron chi connectivity index (χ4n) is 3.06. The zero-order valence-corrected chi connectivity index (χ0v) is 19.2. The summed E-state index contributed by atoms with van der Waals surface area (Å²) in [6.45, 7) is 4.25. The van der Waals surface area contributed by atoms with E-state index < -0.39 is 17.7 Å². The Kier molecular flexibility index (Phi) is 7.96. The average Bonchev–Trinajstić information content (AvgIpc) is 3.55. The van der Waals surface area contributed by atoms with Gasteiger partial charge in [-0.25, -0.2) is 4.98 Å². The van der Waals surface area contributed by atoms with E-state index in [4.69, 9.17) is 23.2 Å². The number of hydrogen-bond donors (Lipinski definition) is 3. The molecule has 3 N–H and O–H groups in total. The molecule has 5 nitrogen and oxygen atoms in total. The van der Waals surface area contributed by atoms with Crippen molar-refractivity contribution in [3.8, 4) is 11.8 Å². The first kappa shape index (κ1) is 23.6. The lowest BCUT2D eigenvalue weighted by Crippen LogP contribution is -2.52. The van der Waals surface area contributed by atoms with Crippen molar-refractivity contribution in [3.63, 3.8) is 0 Å². The highest BCUT2D eigenvalue weighted by atomic mass is 35.5. The second-order valence-corrected chi connectivity index (χ2v) is 9.16. The van der Waals surface area contributed by atoms with E-state index in [0.717, 1.165) is 5.56 Å². The molecular formula is C24H27Cl2N3O2. The Balaban J connectivity index is 1.70. The number of nitrogens with zero attached hydrogens (tertiary/aromatic N) is 1. The fourth-order valence-corrected chi connectivity index (χ4v) is 3.52. The highest BCUT2D eigenvalue weighted by molar-refractivity contribution is 6.33. The second-order valence-electron chi connectivity index (χ2n) is 8.39. The van der Waals surface area contributed by atoms with Crippen LogP contribution in [0.3, 0.4) is 0 Å². The number of carbonyl (C=O) groups is 1. The third-order valence-corrected chi connectivity index (χ3v) is 5.41. The van der Waals surface area contributed by atoms with Gasteiger partial charge in [-0.3, -0.25) is 10.1 Å². The molecule has 31 heavy (non-hydrogen) atoms. The summed E-state index contributed by atoms with van der Waals surface area (Å²) in [5.41, 5.74) is 0.862. The van der Waals surface area contributed by atoms with Gasteiger partial charge in [-0.15, -0.1) is 0 Å². The molecule has 3 rings (SSSR count). The number of β-amino-alcohol motifs (C(OH)–C–C–N with tert-alkyl or cyclic N) is 1. The molecule has 1 aromatic heterocycles. The van der Waals surface area contributed by atoms with Crippen LogP contribution in [0.15, 0.2) is 42.5 Å². The number of aliphatic hydroxyl groups is 1. The number of aromatic nitrogens is 1. The highest BCUT2D eigenvalue weighted by Gasteiger charge is 2.26. The molecule has 2 aromatic rings. The van der Waals surface area contributed by atoms with Crippen LogP contribution in [0.25, 0.3) is 0 Å². The zero-order chi connectivity index (χ0) is 22.4. The number of aliphatic hydroxyl groups excluding tert-OH is 1. The second kappa shape index (κ2) is 10.5. The largest absolute Gasteiger partial charge is 0.390 e. The number of halogens is 2. The lowest BCUT2D eigenvalue weighted by Gasteiger charge is -2.28. The molecule has 0 bridgehead atoms. The molecule has 1 amide bonds. The average molecular weight is 460 g/mol. The Labute approximate surface area is 193 Å². The normalized spacial score (nSPS) is 15.5. The van der Waals surface area contributed by atoms with Crippen molar-refractivity contribution in [2.45, 2.75) is 50.8 Å². The molecule has 1 aromatic carbocycles. The molecule has 0 saturated heterocycles. The lowest BCUT2D eigenvalue weighted by atomic mass is 9.99. The highest BCUT2D eigenvalue weighted by Crippen LogP contribution is 2.27. The Morgan fingerprint density at radius 3 is 2.48 bits per heavy atom. The van der Waals surface area contributed by atoms with Crippen molar-refractivity contribution < 1.29 is 9.90 Å². The number of nitrogens with one attached hydrogen (secondary N) is 2. The minimum atomic E-state index is -0.834. The van der Waals surface area contributed by atoms with Gasteiger partial charge in [-0.2, -0.15) is 0 Å². The van der Waals surface area contributed by atoms with Gasteiger partial charge in [-0.05, 0) is 50.8 Å².